The summed E-state index contributed by atoms with van der Waals surface area (Å²) < 4.78 is 30.3. The lowest BCUT2D eigenvalue weighted by atomic mass is 9.78. The lowest BCUT2D eigenvalue weighted by Crippen LogP contribution is -2.37. The Bertz CT molecular complexity index is 1640. The smallest absolute Gasteiger partial charge is 0.163 e. The van der Waals surface area contributed by atoms with Crippen molar-refractivity contribution in [1.29, 1.82) is 0 Å². The van der Waals surface area contributed by atoms with Crippen LogP contribution in [-0.2, 0) is 25.2 Å². The van der Waals surface area contributed by atoms with Gasteiger partial charge in [0.15, 0.2) is 5.79 Å². The standard InChI is InChI=1S/C43H46O6/c1-41(2,33-22-26-39(27-23-33)46-30-40-31-47-42(3,4)49-40)32-20-24-38(25-21-32)45-28-37(44)29-48-43(34-14-8-5-9-15-34,35-16-10-6-11-17-35)36-18-12-7-13-19-36/h5-27,37,40,44H,28-31H2,1-4H3/t37?,40-/m0/s1. The van der Waals surface area contributed by atoms with Crippen molar-refractivity contribution in [2.75, 3.05) is 26.4 Å². The highest BCUT2D eigenvalue weighted by atomic mass is 16.7. The van der Waals surface area contributed by atoms with Crippen LogP contribution in [0, 0.1) is 0 Å². The van der Waals surface area contributed by atoms with Crippen LogP contribution in [0.15, 0.2) is 140 Å². The van der Waals surface area contributed by atoms with Crippen molar-refractivity contribution < 1.29 is 28.8 Å². The van der Waals surface area contributed by atoms with E-state index in [1.54, 1.807) is 0 Å². The Kier molecular flexibility index (Phi) is 10.5. The van der Waals surface area contributed by atoms with E-state index in [9.17, 15) is 5.11 Å². The van der Waals surface area contributed by atoms with Crippen molar-refractivity contribution >= 4 is 0 Å². The van der Waals surface area contributed by atoms with E-state index in [0.29, 0.717) is 19.0 Å². The number of rotatable bonds is 14. The molecule has 1 saturated heterocycles. The van der Waals surface area contributed by atoms with Crippen LogP contribution in [0.4, 0.5) is 0 Å². The molecule has 0 radical (unpaired) electrons. The first kappa shape index (κ1) is 34.4. The van der Waals surface area contributed by atoms with Crippen LogP contribution in [0.2, 0.25) is 0 Å². The maximum Gasteiger partial charge on any atom is 0.163 e. The molecule has 49 heavy (non-hydrogen) atoms. The van der Waals surface area contributed by atoms with Crippen molar-refractivity contribution in [3.63, 3.8) is 0 Å². The summed E-state index contributed by atoms with van der Waals surface area (Å²) in [5.41, 5.74) is 4.12. The van der Waals surface area contributed by atoms with Crippen molar-refractivity contribution in [2.24, 2.45) is 0 Å². The molecule has 254 valence electrons. The highest BCUT2D eigenvalue weighted by molar-refractivity contribution is 5.47. The van der Waals surface area contributed by atoms with Crippen LogP contribution >= 0.6 is 0 Å². The Balaban J connectivity index is 1.08. The van der Waals surface area contributed by atoms with Gasteiger partial charge in [-0.2, -0.15) is 0 Å². The fourth-order valence-corrected chi connectivity index (χ4v) is 6.37. The topological polar surface area (TPSA) is 66.4 Å². The highest BCUT2D eigenvalue weighted by Crippen LogP contribution is 2.40. The molecular formula is C43H46O6. The number of aliphatic hydroxyl groups excluding tert-OH is 1. The molecular weight excluding hydrogens is 612 g/mol. The molecule has 0 aromatic heterocycles. The fourth-order valence-electron chi connectivity index (χ4n) is 6.37. The normalized spacial score (nSPS) is 16.6. The summed E-state index contributed by atoms with van der Waals surface area (Å²) in [5, 5.41) is 11.1. The van der Waals surface area contributed by atoms with Gasteiger partial charge in [0, 0.05) is 5.41 Å². The predicted octanol–water partition coefficient (Wildman–Crippen LogP) is 8.29. The van der Waals surface area contributed by atoms with Crippen LogP contribution < -0.4 is 9.47 Å². The maximum atomic E-state index is 11.1. The first-order chi connectivity index (χ1) is 23.7. The van der Waals surface area contributed by atoms with Gasteiger partial charge in [-0.1, -0.05) is 129 Å². The highest BCUT2D eigenvalue weighted by Gasteiger charge is 2.38. The zero-order chi connectivity index (χ0) is 34.3. The average molecular weight is 659 g/mol. The van der Waals surface area contributed by atoms with E-state index in [-0.39, 0.29) is 24.7 Å². The third-order valence-electron chi connectivity index (χ3n) is 9.13. The van der Waals surface area contributed by atoms with Gasteiger partial charge < -0.3 is 28.8 Å². The third-order valence-corrected chi connectivity index (χ3v) is 9.13. The van der Waals surface area contributed by atoms with Gasteiger partial charge in [0.1, 0.15) is 42.5 Å². The molecule has 6 rings (SSSR count). The molecule has 1 aliphatic rings. The van der Waals surface area contributed by atoms with Gasteiger partial charge in [-0.25, -0.2) is 0 Å². The van der Waals surface area contributed by atoms with Gasteiger partial charge in [-0.3, -0.25) is 0 Å². The Morgan fingerprint density at radius 1 is 0.633 bits per heavy atom. The van der Waals surface area contributed by atoms with E-state index in [1.165, 1.54) is 5.56 Å². The van der Waals surface area contributed by atoms with Crippen LogP contribution in [0.5, 0.6) is 11.5 Å². The number of ether oxygens (including phenoxy) is 5. The molecule has 1 heterocycles. The molecule has 2 atom stereocenters. The molecule has 0 aliphatic carbocycles. The number of hydrogen-bond acceptors (Lipinski definition) is 6. The largest absolute Gasteiger partial charge is 0.491 e. The molecule has 1 fully saturated rings. The van der Waals surface area contributed by atoms with Crippen molar-refractivity contribution in [3.05, 3.63) is 167 Å². The molecule has 0 spiro atoms. The molecule has 0 amide bonds. The molecule has 0 bridgehead atoms. The van der Waals surface area contributed by atoms with E-state index in [0.717, 1.165) is 28.0 Å². The van der Waals surface area contributed by atoms with E-state index < -0.39 is 17.5 Å². The summed E-state index contributed by atoms with van der Waals surface area (Å²) >= 11 is 0. The first-order valence-electron chi connectivity index (χ1n) is 16.9. The fraction of sp³-hybridized carbons (Fsp3) is 0.302. The second kappa shape index (κ2) is 15.0. The van der Waals surface area contributed by atoms with Gasteiger partial charge in [0.25, 0.3) is 0 Å². The maximum absolute atomic E-state index is 11.1. The van der Waals surface area contributed by atoms with Crippen molar-refractivity contribution in [1.82, 2.24) is 0 Å². The van der Waals surface area contributed by atoms with Crippen LogP contribution in [0.25, 0.3) is 0 Å². The summed E-state index contributed by atoms with van der Waals surface area (Å²) in [6.45, 7) is 9.37. The zero-order valence-electron chi connectivity index (χ0n) is 28.8. The lowest BCUT2D eigenvalue weighted by molar-refractivity contribution is -0.141. The third kappa shape index (κ3) is 8.06. The second-order valence-electron chi connectivity index (χ2n) is 13.5. The quantitative estimate of drug-likeness (QED) is 0.121. The SMILES string of the molecule is CC1(C)OC[C@H](COc2ccc(C(C)(C)c3ccc(OCC(O)COC(c4ccccc4)(c4ccccc4)c4ccccc4)cc3)cc2)O1. The molecule has 5 aromatic rings. The van der Waals surface area contributed by atoms with E-state index in [1.807, 2.05) is 92.7 Å². The Labute approximate surface area is 290 Å². The van der Waals surface area contributed by atoms with Crippen LogP contribution in [-0.4, -0.2) is 49.5 Å². The Morgan fingerprint density at radius 3 is 1.51 bits per heavy atom. The lowest BCUT2D eigenvalue weighted by Gasteiger charge is -2.36. The van der Waals surface area contributed by atoms with E-state index in [4.69, 9.17) is 23.7 Å². The molecule has 5 aromatic carbocycles. The number of hydrogen-bond donors (Lipinski definition) is 1. The Hall–Kier alpha value is -4.46. The van der Waals surface area contributed by atoms with Crippen molar-refractivity contribution in [2.45, 2.75) is 56.7 Å². The van der Waals surface area contributed by atoms with E-state index in [2.05, 4.69) is 74.5 Å². The van der Waals surface area contributed by atoms with Gasteiger partial charge >= 0.3 is 0 Å². The first-order valence-corrected chi connectivity index (χ1v) is 16.9. The van der Waals surface area contributed by atoms with E-state index >= 15 is 0 Å². The summed E-state index contributed by atoms with van der Waals surface area (Å²) in [7, 11) is 0. The van der Waals surface area contributed by atoms with Gasteiger partial charge in [0.2, 0.25) is 0 Å². The average Bonchev–Trinajstić information content (AvgIpc) is 3.50. The molecule has 1 aliphatic heterocycles. The number of benzene rings is 5. The minimum Gasteiger partial charge on any atom is -0.491 e. The number of aliphatic hydroxyl groups is 1. The minimum atomic E-state index is -0.904. The van der Waals surface area contributed by atoms with Crippen LogP contribution in [0.1, 0.15) is 55.5 Å². The zero-order valence-corrected chi connectivity index (χ0v) is 28.8. The second-order valence-corrected chi connectivity index (χ2v) is 13.5. The summed E-state index contributed by atoms with van der Waals surface area (Å²) in [6, 6.07) is 46.7. The predicted molar refractivity (Wildman–Crippen MR) is 192 cm³/mol. The Morgan fingerprint density at radius 2 is 1.08 bits per heavy atom. The minimum absolute atomic E-state index is 0.0724. The van der Waals surface area contributed by atoms with Crippen molar-refractivity contribution in [3.8, 4) is 11.5 Å². The molecule has 6 nitrogen and oxygen atoms in total. The molecule has 0 saturated carbocycles. The van der Waals surface area contributed by atoms with Gasteiger partial charge in [-0.15, -0.1) is 0 Å². The van der Waals surface area contributed by atoms with Crippen LogP contribution in [0.3, 0.4) is 0 Å². The molecule has 6 heteroatoms. The van der Waals surface area contributed by atoms with Gasteiger partial charge in [0.05, 0.1) is 13.2 Å². The molecule has 1 N–H and O–H groups in total. The molecule has 1 unspecified atom stereocenters. The summed E-state index contributed by atoms with van der Waals surface area (Å²) in [4.78, 5) is 0. The monoisotopic (exact) mass is 658 g/mol. The summed E-state index contributed by atoms with van der Waals surface area (Å²) in [6.07, 6.45) is -0.932. The van der Waals surface area contributed by atoms with Gasteiger partial charge in [-0.05, 0) is 65.9 Å². The summed E-state index contributed by atoms with van der Waals surface area (Å²) in [5.74, 6) is 0.925.